The predicted octanol–water partition coefficient (Wildman–Crippen LogP) is 1.75. The Morgan fingerprint density at radius 1 is 1.38 bits per heavy atom. The molecular formula is C16H23FN2O4S. The van der Waals surface area contributed by atoms with Gasteiger partial charge in [-0.25, -0.2) is 17.6 Å². The molecule has 2 N–H and O–H groups in total. The number of esters is 1. The van der Waals surface area contributed by atoms with Gasteiger partial charge in [-0.2, -0.15) is 4.31 Å². The number of halogens is 1. The maximum Gasteiger partial charge on any atom is 0.338 e. The number of carbonyl (C=O) groups excluding carboxylic acids is 1. The van der Waals surface area contributed by atoms with Crippen LogP contribution in [0.1, 0.15) is 37.0 Å². The molecule has 6 nitrogen and oxygen atoms in total. The number of rotatable bonds is 5. The molecule has 1 aromatic carbocycles. The number of sulfonamides is 1. The second-order valence-electron chi connectivity index (χ2n) is 6.00. The summed E-state index contributed by atoms with van der Waals surface area (Å²) in [5.74, 6) is -1.26. The zero-order valence-electron chi connectivity index (χ0n) is 13.9. The number of nitrogens with two attached hydrogens (primary N) is 1. The number of benzene rings is 1. The monoisotopic (exact) mass is 358 g/mol. The lowest BCUT2D eigenvalue weighted by molar-refractivity contribution is 0.0525. The molecule has 0 aromatic heterocycles. The summed E-state index contributed by atoms with van der Waals surface area (Å²) in [4.78, 5) is 11.5. The Bertz CT molecular complexity index is 698. The Morgan fingerprint density at radius 3 is 2.54 bits per heavy atom. The van der Waals surface area contributed by atoms with Crippen LogP contribution in [0.15, 0.2) is 23.1 Å². The van der Waals surface area contributed by atoms with E-state index >= 15 is 0 Å². The van der Waals surface area contributed by atoms with Gasteiger partial charge in [0.1, 0.15) is 5.82 Å². The second kappa shape index (κ2) is 7.58. The molecule has 1 heterocycles. The minimum absolute atomic E-state index is 0.0134. The van der Waals surface area contributed by atoms with Gasteiger partial charge in [-0.15, -0.1) is 0 Å². The smallest absolute Gasteiger partial charge is 0.338 e. The van der Waals surface area contributed by atoms with Crippen LogP contribution in [-0.4, -0.2) is 44.4 Å². The molecule has 0 bridgehead atoms. The van der Waals surface area contributed by atoms with Crippen molar-refractivity contribution in [3.8, 4) is 0 Å². The fraction of sp³-hybridized carbons (Fsp3) is 0.562. The van der Waals surface area contributed by atoms with Crippen LogP contribution in [0.4, 0.5) is 4.39 Å². The predicted molar refractivity (Wildman–Crippen MR) is 87.5 cm³/mol. The van der Waals surface area contributed by atoms with Gasteiger partial charge in [0.2, 0.25) is 10.0 Å². The van der Waals surface area contributed by atoms with E-state index in [1.54, 1.807) is 6.92 Å². The molecule has 1 aliphatic rings. The summed E-state index contributed by atoms with van der Waals surface area (Å²) in [6.45, 7) is 4.33. The minimum Gasteiger partial charge on any atom is -0.462 e. The molecule has 2 rings (SSSR count). The first-order chi connectivity index (χ1) is 11.3. The first-order valence-electron chi connectivity index (χ1n) is 7.99. The van der Waals surface area contributed by atoms with Crippen LogP contribution in [0, 0.1) is 11.7 Å². The molecule has 1 fully saturated rings. The van der Waals surface area contributed by atoms with Gasteiger partial charge >= 0.3 is 5.97 Å². The van der Waals surface area contributed by atoms with Gasteiger partial charge in [0.25, 0.3) is 0 Å². The van der Waals surface area contributed by atoms with Crippen molar-refractivity contribution in [2.75, 3.05) is 19.7 Å². The fourth-order valence-corrected chi connectivity index (χ4v) is 4.36. The Morgan fingerprint density at radius 2 is 2.00 bits per heavy atom. The van der Waals surface area contributed by atoms with Crippen molar-refractivity contribution >= 4 is 16.0 Å². The van der Waals surface area contributed by atoms with Crippen LogP contribution in [0.5, 0.6) is 0 Å². The average Bonchev–Trinajstić information content (AvgIpc) is 2.54. The topological polar surface area (TPSA) is 89.7 Å². The number of hydrogen-bond acceptors (Lipinski definition) is 5. The van der Waals surface area contributed by atoms with Gasteiger partial charge in [0.15, 0.2) is 0 Å². The van der Waals surface area contributed by atoms with E-state index in [0.29, 0.717) is 25.9 Å². The SMILES string of the molecule is CCOC(=O)c1cc(F)cc(S(=O)(=O)N2CCC(C(C)N)CC2)c1. The number of piperidine rings is 1. The highest BCUT2D eigenvalue weighted by molar-refractivity contribution is 7.89. The van der Waals surface area contributed by atoms with E-state index in [1.165, 1.54) is 4.31 Å². The molecule has 0 aliphatic carbocycles. The summed E-state index contributed by atoms with van der Waals surface area (Å²) in [7, 11) is -3.86. The lowest BCUT2D eigenvalue weighted by Crippen LogP contribution is -2.42. The fourth-order valence-electron chi connectivity index (χ4n) is 2.83. The van der Waals surface area contributed by atoms with Crippen molar-refractivity contribution in [1.82, 2.24) is 4.31 Å². The lowest BCUT2D eigenvalue weighted by atomic mass is 9.92. The van der Waals surface area contributed by atoms with Gasteiger partial charge in [-0.3, -0.25) is 0 Å². The highest BCUT2D eigenvalue weighted by Gasteiger charge is 2.31. The van der Waals surface area contributed by atoms with Gasteiger partial charge in [-0.1, -0.05) is 0 Å². The van der Waals surface area contributed by atoms with Crippen LogP contribution in [0.3, 0.4) is 0 Å². The van der Waals surface area contributed by atoms with Crippen LogP contribution in [0.2, 0.25) is 0 Å². The van der Waals surface area contributed by atoms with Crippen molar-refractivity contribution in [2.24, 2.45) is 11.7 Å². The molecule has 1 saturated heterocycles. The van der Waals surface area contributed by atoms with Crippen molar-refractivity contribution in [3.05, 3.63) is 29.6 Å². The second-order valence-corrected chi connectivity index (χ2v) is 7.93. The molecule has 0 spiro atoms. The molecule has 0 radical (unpaired) electrons. The number of ether oxygens (including phenoxy) is 1. The molecule has 1 aromatic rings. The highest BCUT2D eigenvalue weighted by Crippen LogP contribution is 2.26. The van der Waals surface area contributed by atoms with E-state index in [9.17, 15) is 17.6 Å². The molecule has 0 amide bonds. The van der Waals surface area contributed by atoms with Crippen LogP contribution >= 0.6 is 0 Å². The highest BCUT2D eigenvalue weighted by atomic mass is 32.2. The largest absolute Gasteiger partial charge is 0.462 e. The third-order valence-electron chi connectivity index (χ3n) is 4.26. The first kappa shape index (κ1) is 18.8. The number of carbonyl (C=O) groups is 1. The molecule has 24 heavy (non-hydrogen) atoms. The minimum atomic E-state index is -3.86. The average molecular weight is 358 g/mol. The molecule has 134 valence electrons. The third kappa shape index (κ3) is 4.12. The number of hydrogen-bond donors (Lipinski definition) is 1. The van der Waals surface area contributed by atoms with E-state index in [-0.39, 0.29) is 29.0 Å². The van der Waals surface area contributed by atoms with Gasteiger partial charge in [-0.05, 0) is 50.8 Å². The van der Waals surface area contributed by atoms with E-state index in [1.807, 2.05) is 6.92 Å². The maximum atomic E-state index is 13.8. The zero-order chi connectivity index (χ0) is 17.9. The maximum absolute atomic E-state index is 13.8. The van der Waals surface area contributed by atoms with Gasteiger partial charge in [0, 0.05) is 19.1 Å². The molecule has 0 saturated carbocycles. The van der Waals surface area contributed by atoms with Crippen molar-refractivity contribution in [2.45, 2.75) is 37.6 Å². The summed E-state index contributed by atoms with van der Waals surface area (Å²) < 4.78 is 45.4. The van der Waals surface area contributed by atoms with Crippen LogP contribution < -0.4 is 5.73 Å². The van der Waals surface area contributed by atoms with Gasteiger partial charge < -0.3 is 10.5 Å². The van der Waals surface area contributed by atoms with Crippen molar-refractivity contribution < 1.29 is 22.3 Å². The summed E-state index contributed by atoms with van der Waals surface area (Å²) >= 11 is 0. The Balaban J connectivity index is 2.25. The van der Waals surface area contributed by atoms with E-state index < -0.39 is 21.8 Å². The Labute approximate surface area is 141 Å². The van der Waals surface area contributed by atoms with E-state index in [2.05, 4.69) is 0 Å². The van der Waals surface area contributed by atoms with E-state index in [4.69, 9.17) is 10.5 Å². The summed E-state index contributed by atoms with van der Waals surface area (Å²) in [5.41, 5.74) is 5.76. The van der Waals surface area contributed by atoms with Crippen molar-refractivity contribution in [3.63, 3.8) is 0 Å². The van der Waals surface area contributed by atoms with Crippen LogP contribution in [0.25, 0.3) is 0 Å². The first-order valence-corrected chi connectivity index (χ1v) is 9.43. The summed E-state index contributed by atoms with van der Waals surface area (Å²) in [6.07, 6.45) is 1.33. The normalized spacial score (nSPS) is 18.3. The Kier molecular flexibility index (Phi) is 5.95. The van der Waals surface area contributed by atoms with Gasteiger partial charge in [0.05, 0.1) is 17.1 Å². The lowest BCUT2D eigenvalue weighted by Gasteiger charge is -2.33. The molecule has 1 aliphatic heterocycles. The zero-order valence-corrected chi connectivity index (χ0v) is 14.7. The third-order valence-corrected chi connectivity index (χ3v) is 6.14. The number of nitrogens with zero attached hydrogens (tertiary/aromatic N) is 1. The molecule has 1 atom stereocenters. The van der Waals surface area contributed by atoms with Crippen molar-refractivity contribution in [1.29, 1.82) is 0 Å². The van der Waals surface area contributed by atoms with E-state index in [0.717, 1.165) is 18.2 Å². The van der Waals surface area contributed by atoms with Crippen LogP contribution in [-0.2, 0) is 14.8 Å². The summed E-state index contributed by atoms with van der Waals surface area (Å²) in [5, 5.41) is 0. The molecule has 8 heteroatoms. The standard InChI is InChI=1S/C16H23FN2O4S/c1-3-23-16(20)13-8-14(17)10-15(9-13)24(21,22)19-6-4-12(5-7-19)11(2)18/h8-12H,3-7,18H2,1-2H3. The Hall–Kier alpha value is -1.51. The quantitative estimate of drug-likeness (QED) is 0.810. The summed E-state index contributed by atoms with van der Waals surface area (Å²) in [6, 6.07) is 3.07. The molecule has 1 unspecified atom stereocenters. The molecular weight excluding hydrogens is 335 g/mol.